The maximum atomic E-state index is 3.49. The van der Waals surface area contributed by atoms with Crippen LogP contribution in [-0.2, 0) is 26.2 Å². The molecule has 0 unspecified atom stereocenters. The summed E-state index contributed by atoms with van der Waals surface area (Å²) in [4.78, 5) is 0. The van der Waals surface area contributed by atoms with E-state index in [9.17, 15) is 0 Å². The minimum atomic E-state index is 0. The van der Waals surface area contributed by atoms with Crippen LogP contribution in [0.25, 0.3) is 0 Å². The molecule has 0 N–H and O–H groups in total. The van der Waals surface area contributed by atoms with Crippen LogP contribution in [0.15, 0.2) is 60.7 Å². The van der Waals surface area contributed by atoms with Crippen molar-refractivity contribution in [3.8, 4) is 0 Å². The summed E-state index contributed by atoms with van der Waals surface area (Å²) in [6.45, 7) is 11.0. The summed E-state index contributed by atoms with van der Waals surface area (Å²) in [6, 6.07) is 20.0. The van der Waals surface area contributed by atoms with Gasteiger partial charge in [-0.05, 0) is 0 Å². The molecule has 17 heavy (non-hydrogen) atoms. The Kier molecular flexibility index (Phi) is 31.7. The van der Waals surface area contributed by atoms with Crippen LogP contribution in [0, 0.1) is 13.8 Å². The second-order valence-electron chi connectivity index (χ2n) is 2.92. The maximum Gasteiger partial charge on any atom is 4.00 e. The third kappa shape index (κ3) is 31.3. The summed E-state index contributed by atoms with van der Waals surface area (Å²) < 4.78 is 0. The molecule has 0 aliphatic rings. The van der Waals surface area contributed by atoms with E-state index in [2.05, 4.69) is 13.8 Å². The third-order valence-electron chi connectivity index (χ3n) is 1.11. The summed E-state index contributed by atoms with van der Waals surface area (Å²) in [7, 11) is 0. The minimum Gasteiger partial charge on any atom is -0.344 e. The smallest absolute Gasteiger partial charge is 0.344 e. The van der Waals surface area contributed by atoms with Gasteiger partial charge in [-0.1, -0.05) is 13.8 Å². The third-order valence-corrected chi connectivity index (χ3v) is 1.11. The molecular weight excluding hydrogens is 283 g/mol. The minimum absolute atomic E-state index is 0. The van der Waals surface area contributed by atoms with E-state index < -0.39 is 0 Å². The molecule has 0 bridgehead atoms. The molecule has 2 aromatic rings. The molecular formula is C16H24Zr. The Labute approximate surface area is 127 Å². The van der Waals surface area contributed by atoms with Crippen molar-refractivity contribution in [2.75, 3.05) is 0 Å². The first-order valence-electron chi connectivity index (χ1n) is 5.75. The monoisotopic (exact) mass is 306 g/mol. The molecule has 0 atom stereocenters. The van der Waals surface area contributed by atoms with Crippen molar-refractivity contribution in [2.45, 2.75) is 26.7 Å². The van der Waals surface area contributed by atoms with Gasteiger partial charge in [0.2, 0.25) is 0 Å². The maximum absolute atomic E-state index is 3.49. The fraction of sp³-hybridized carbons (Fsp3) is 0.250. The quantitative estimate of drug-likeness (QED) is 0.582. The van der Waals surface area contributed by atoms with Crippen LogP contribution >= 0.6 is 0 Å². The Morgan fingerprint density at radius 2 is 0.882 bits per heavy atom. The summed E-state index contributed by atoms with van der Waals surface area (Å²) in [5, 5.41) is 0. The second-order valence-corrected chi connectivity index (χ2v) is 2.92. The van der Waals surface area contributed by atoms with Crippen LogP contribution < -0.4 is 0 Å². The molecule has 0 heterocycles. The fourth-order valence-electron chi connectivity index (χ4n) is 0.642. The summed E-state index contributed by atoms with van der Waals surface area (Å²) in [6.07, 6.45) is 2.00. The molecule has 0 saturated heterocycles. The van der Waals surface area contributed by atoms with Gasteiger partial charge in [0.05, 0.1) is 0 Å². The van der Waals surface area contributed by atoms with E-state index in [0.29, 0.717) is 0 Å². The predicted molar refractivity (Wildman–Crippen MR) is 75.4 cm³/mol. The average Bonchev–Trinajstić information content (AvgIpc) is 3.00. The van der Waals surface area contributed by atoms with E-state index in [1.54, 1.807) is 0 Å². The second kappa shape index (κ2) is 24.7. The normalized spacial score (nSPS) is 6.82. The summed E-state index contributed by atoms with van der Waals surface area (Å²) >= 11 is 0. The van der Waals surface area contributed by atoms with Crippen LogP contribution in [-0.4, -0.2) is 0 Å². The number of rotatable bonds is 0. The zero-order valence-electron chi connectivity index (χ0n) is 11.1. The van der Waals surface area contributed by atoms with Gasteiger partial charge in [-0.3, -0.25) is 0 Å². The van der Waals surface area contributed by atoms with Gasteiger partial charge < -0.3 is 13.8 Å². The van der Waals surface area contributed by atoms with E-state index >= 15 is 0 Å². The molecule has 2 aromatic carbocycles. The van der Waals surface area contributed by atoms with Gasteiger partial charge in [-0.15, -0.1) is 0 Å². The van der Waals surface area contributed by atoms with Crippen molar-refractivity contribution < 1.29 is 26.2 Å². The number of hydrogen-bond donors (Lipinski definition) is 0. The van der Waals surface area contributed by atoms with E-state index in [1.165, 1.54) is 0 Å². The Hall–Kier alpha value is -0.417. The molecule has 0 aliphatic carbocycles. The van der Waals surface area contributed by atoms with Gasteiger partial charge >= 0.3 is 26.2 Å². The van der Waals surface area contributed by atoms with Crippen molar-refractivity contribution in [1.82, 2.24) is 0 Å². The van der Waals surface area contributed by atoms with Crippen LogP contribution in [0.1, 0.15) is 26.7 Å². The Balaban J connectivity index is -0.000000157. The van der Waals surface area contributed by atoms with E-state index in [-0.39, 0.29) is 26.2 Å². The predicted octanol–water partition coefficient (Wildman–Crippen LogP) is 5.27. The molecule has 0 amide bonds. The standard InChI is InChI=1S/2C5H5.2C3H7.Zr/c2*1-2-4-5-3-1;2*1-3-2;/h2*1-5H;2*1,3H2,2H3;/q4*-1;+4. The molecule has 1 heteroatoms. The van der Waals surface area contributed by atoms with Gasteiger partial charge in [0.25, 0.3) is 0 Å². The molecule has 0 saturated carbocycles. The molecule has 2 rings (SSSR count). The van der Waals surface area contributed by atoms with Crippen molar-refractivity contribution >= 4 is 0 Å². The first-order chi connectivity index (χ1) is 7.83. The topological polar surface area (TPSA) is 0 Å². The molecule has 92 valence electrons. The molecule has 0 aliphatic heterocycles. The van der Waals surface area contributed by atoms with Crippen LogP contribution in [0.3, 0.4) is 0 Å². The first-order valence-corrected chi connectivity index (χ1v) is 5.75. The number of hydrogen-bond acceptors (Lipinski definition) is 0. The zero-order valence-corrected chi connectivity index (χ0v) is 13.6. The molecule has 0 nitrogen and oxygen atoms in total. The molecule has 0 radical (unpaired) electrons. The van der Waals surface area contributed by atoms with Crippen molar-refractivity contribution in [3.63, 3.8) is 0 Å². The Morgan fingerprint density at radius 3 is 0.941 bits per heavy atom. The molecule has 0 fully saturated rings. The van der Waals surface area contributed by atoms with E-state index in [1.807, 2.05) is 74.5 Å². The average molecular weight is 308 g/mol. The SMILES string of the molecule is [CH2-]CC.[CH2-]CC.[Zr+4].c1cc[cH-]c1.c1cc[cH-]c1. The van der Waals surface area contributed by atoms with E-state index in [4.69, 9.17) is 0 Å². The Morgan fingerprint density at radius 1 is 0.706 bits per heavy atom. The van der Waals surface area contributed by atoms with E-state index in [0.717, 1.165) is 12.8 Å². The zero-order chi connectivity index (χ0) is 12.5. The van der Waals surface area contributed by atoms with Gasteiger partial charge in [0.15, 0.2) is 0 Å². The van der Waals surface area contributed by atoms with Crippen molar-refractivity contribution in [3.05, 3.63) is 74.5 Å². The fourth-order valence-corrected chi connectivity index (χ4v) is 0.642. The first kappa shape index (κ1) is 21.8. The largest absolute Gasteiger partial charge is 4.00 e. The summed E-state index contributed by atoms with van der Waals surface area (Å²) in [5.41, 5.74) is 0. The molecule has 0 spiro atoms. The molecule has 0 aromatic heterocycles. The van der Waals surface area contributed by atoms with Gasteiger partial charge in [-0.25, -0.2) is 24.3 Å². The van der Waals surface area contributed by atoms with Crippen molar-refractivity contribution in [2.24, 2.45) is 0 Å². The Bertz CT molecular complexity index is 168. The van der Waals surface area contributed by atoms with Crippen LogP contribution in [0.5, 0.6) is 0 Å². The van der Waals surface area contributed by atoms with Crippen LogP contribution in [0.2, 0.25) is 0 Å². The summed E-state index contributed by atoms with van der Waals surface area (Å²) in [5.74, 6) is 0. The van der Waals surface area contributed by atoms with Gasteiger partial charge in [-0.2, -0.15) is 49.2 Å². The van der Waals surface area contributed by atoms with Crippen LogP contribution in [0.4, 0.5) is 0 Å². The van der Waals surface area contributed by atoms with Gasteiger partial charge in [0.1, 0.15) is 0 Å². The van der Waals surface area contributed by atoms with Gasteiger partial charge in [0, 0.05) is 0 Å². The van der Waals surface area contributed by atoms with Crippen molar-refractivity contribution in [1.29, 1.82) is 0 Å².